The van der Waals surface area contributed by atoms with Crippen molar-refractivity contribution in [1.29, 1.82) is 0 Å². The van der Waals surface area contributed by atoms with Crippen molar-refractivity contribution in [2.24, 2.45) is 15.7 Å². The zero-order valence-electron chi connectivity index (χ0n) is 26.4. The summed E-state index contributed by atoms with van der Waals surface area (Å²) in [4.78, 5) is 66.0. The van der Waals surface area contributed by atoms with E-state index in [0.717, 1.165) is 5.56 Å². The van der Waals surface area contributed by atoms with E-state index in [9.17, 15) is 39.6 Å². The fourth-order valence-electron chi connectivity index (χ4n) is 5.28. The Kier molecular flexibility index (Phi) is 17.3. The number of carbonyl (C=O) groups excluding carboxylic acids is 2. The number of nitrogens with two attached hydrogens (primary N) is 1. The van der Waals surface area contributed by atoms with Gasteiger partial charge >= 0.3 is 28.7 Å². The third-order valence-corrected chi connectivity index (χ3v) is 7.74. The number of hydrogen-bond acceptors (Lipinski definition) is 11. The molecule has 2 aromatic rings. The van der Waals surface area contributed by atoms with E-state index in [2.05, 4.69) is 30.6 Å². The van der Waals surface area contributed by atoms with Crippen LogP contribution in [0.3, 0.4) is 0 Å². The van der Waals surface area contributed by atoms with E-state index in [1.54, 1.807) is 0 Å². The standard InChI is InChI=1S/C31H44N8O8.Co/c32-16-26(40)35-18-27(41)38-24(15-21-17-33-19-36-21)28(42)34-13-5-4-9-22(29(43)39-14-6-10-25(39)31(46)47)37-23(30(44)45)12-11-20-7-2-1-3-8-20;/h1-3,7-8,17,19,22-25,37H,4-6,9-16,18,32H2,(H,33,36)(H,34,42)(H,35,40)(H,38,41)(H,44,45)(H,46,47);/q;+2/p-2/t22-,23-,24-,25-;/m0./s1. The average molecular weight is 714 g/mol. The number of nitrogens with one attached hydrogen (secondary N) is 3. The molecule has 16 nitrogen and oxygen atoms in total. The molecule has 4 atom stereocenters. The maximum absolute atomic E-state index is 13.6. The van der Waals surface area contributed by atoms with E-state index < -0.39 is 66.3 Å². The Morgan fingerprint density at radius 3 is 2.48 bits per heavy atom. The minimum absolute atomic E-state index is 0. The Morgan fingerprint density at radius 1 is 1.08 bits per heavy atom. The molecule has 263 valence electrons. The van der Waals surface area contributed by atoms with E-state index in [0.29, 0.717) is 37.8 Å². The molecule has 1 saturated heterocycles. The van der Waals surface area contributed by atoms with Crippen molar-refractivity contribution < 1.29 is 56.4 Å². The summed E-state index contributed by atoms with van der Waals surface area (Å²) in [6.45, 7) is -0.458. The van der Waals surface area contributed by atoms with Crippen LogP contribution in [0.1, 0.15) is 49.8 Å². The molecule has 17 heteroatoms. The summed E-state index contributed by atoms with van der Waals surface area (Å²) >= 11 is 0. The monoisotopic (exact) mass is 713 g/mol. The molecule has 2 amide bonds. The van der Waals surface area contributed by atoms with Crippen LogP contribution in [0.15, 0.2) is 52.8 Å². The number of aryl methyl sites for hydroxylation is 1. The largest absolute Gasteiger partial charge is 2.00 e. The number of carboxylic acids is 2. The van der Waals surface area contributed by atoms with E-state index in [1.807, 2.05) is 30.3 Å². The first-order valence-electron chi connectivity index (χ1n) is 15.5. The van der Waals surface area contributed by atoms with Gasteiger partial charge in [0.15, 0.2) is 0 Å². The number of nitrogens with zero attached hydrogens (tertiary/aromatic N) is 4. The molecule has 0 saturated carbocycles. The maximum atomic E-state index is 13.6. The molecule has 3 rings (SSSR count). The van der Waals surface area contributed by atoms with Gasteiger partial charge in [0.05, 0.1) is 18.9 Å². The normalized spacial score (nSPS) is 16.9. The maximum Gasteiger partial charge on any atom is 2.00 e. The number of aliphatic carboxylic acids is 2. The smallest absolute Gasteiger partial charge is 0.861 e. The molecule has 1 fully saturated rings. The molecule has 48 heavy (non-hydrogen) atoms. The van der Waals surface area contributed by atoms with E-state index in [1.165, 1.54) is 17.4 Å². The predicted octanol–water partition coefficient (Wildman–Crippen LogP) is -1.80. The van der Waals surface area contributed by atoms with Crippen LogP contribution in [0.4, 0.5) is 0 Å². The first kappa shape index (κ1) is 39.9. The van der Waals surface area contributed by atoms with E-state index in [4.69, 9.17) is 5.73 Å². The second-order valence-corrected chi connectivity index (χ2v) is 11.2. The number of benzene rings is 1. The number of likely N-dealkylation sites (tertiary alicyclic amines) is 1. The van der Waals surface area contributed by atoms with Crippen molar-refractivity contribution in [3.8, 4) is 0 Å². The van der Waals surface area contributed by atoms with Gasteiger partial charge in [0.2, 0.25) is 11.8 Å². The number of imidazole rings is 1. The molecular weight excluding hydrogens is 671 g/mol. The van der Waals surface area contributed by atoms with Crippen molar-refractivity contribution in [2.45, 2.75) is 75.5 Å². The second-order valence-electron chi connectivity index (χ2n) is 11.2. The van der Waals surface area contributed by atoms with Gasteiger partial charge in [-0.15, -0.1) is 0 Å². The molecule has 1 aliphatic rings. The summed E-state index contributed by atoms with van der Waals surface area (Å²) in [5.74, 6) is -4.67. The molecule has 0 aliphatic carbocycles. The summed E-state index contributed by atoms with van der Waals surface area (Å²) in [6, 6.07) is 5.25. The molecule has 1 aromatic heterocycles. The Balaban J connectivity index is 0.00000800. The Hall–Kier alpha value is -4.32. The minimum atomic E-state index is -1.12. The van der Waals surface area contributed by atoms with Crippen LogP contribution in [0.2, 0.25) is 0 Å². The fraction of sp³-hybridized carbons (Fsp3) is 0.516. The average Bonchev–Trinajstić information content (AvgIpc) is 3.77. The van der Waals surface area contributed by atoms with Gasteiger partial charge in [-0.05, 0) is 62.3 Å². The zero-order valence-corrected chi connectivity index (χ0v) is 27.4. The molecule has 2 heterocycles. The minimum Gasteiger partial charge on any atom is -0.861 e. The van der Waals surface area contributed by atoms with Crippen molar-refractivity contribution in [2.75, 3.05) is 26.2 Å². The molecule has 1 aromatic carbocycles. The number of aromatic amines is 1. The molecule has 7 N–H and O–H groups in total. The number of H-pyrrole nitrogens is 1. The van der Waals surface area contributed by atoms with Gasteiger partial charge in [0.1, 0.15) is 18.1 Å². The van der Waals surface area contributed by atoms with Crippen LogP contribution >= 0.6 is 0 Å². The van der Waals surface area contributed by atoms with Crippen LogP contribution in [-0.4, -0.2) is 111 Å². The fourth-order valence-corrected chi connectivity index (χ4v) is 5.28. The molecule has 0 bridgehead atoms. The van der Waals surface area contributed by atoms with Crippen LogP contribution in [-0.2, 0) is 48.8 Å². The number of hydrogen-bond donors (Lipinski definition) is 6. The Bertz CT molecular complexity index is 1380. The third-order valence-electron chi connectivity index (χ3n) is 7.74. The molecule has 0 unspecified atom stereocenters. The van der Waals surface area contributed by atoms with Crippen molar-refractivity contribution in [1.82, 2.24) is 25.5 Å². The number of aromatic nitrogens is 2. The van der Waals surface area contributed by atoms with Gasteiger partial charge in [-0.3, -0.25) is 29.7 Å². The van der Waals surface area contributed by atoms with Crippen LogP contribution in [0.5, 0.6) is 0 Å². The van der Waals surface area contributed by atoms with Crippen LogP contribution < -0.4 is 26.6 Å². The third kappa shape index (κ3) is 13.1. The predicted molar refractivity (Wildman–Crippen MR) is 167 cm³/mol. The van der Waals surface area contributed by atoms with Gasteiger partial charge in [-0.1, -0.05) is 30.3 Å². The Labute approximate surface area is 288 Å². The summed E-state index contributed by atoms with van der Waals surface area (Å²) in [7, 11) is 0. The van der Waals surface area contributed by atoms with Crippen LogP contribution in [0, 0.1) is 0 Å². The Morgan fingerprint density at radius 2 is 1.83 bits per heavy atom. The number of unbranched alkanes of at least 4 members (excludes halogenated alkanes) is 1. The summed E-state index contributed by atoms with van der Waals surface area (Å²) in [5, 5.41) is 48.9. The second kappa shape index (κ2) is 20.8. The first-order chi connectivity index (χ1) is 22.6. The van der Waals surface area contributed by atoms with Gasteiger partial charge in [-0.25, -0.2) is 9.78 Å². The number of amides is 2. The first-order valence-corrected chi connectivity index (χ1v) is 15.5. The van der Waals surface area contributed by atoms with Crippen molar-refractivity contribution in [3.63, 3.8) is 0 Å². The molecular formula is C31H42CoN8O8. The summed E-state index contributed by atoms with van der Waals surface area (Å²) in [5.41, 5.74) is 6.71. The van der Waals surface area contributed by atoms with Gasteiger partial charge in [0.25, 0.3) is 0 Å². The quantitative estimate of drug-likeness (QED) is 0.0507. The van der Waals surface area contributed by atoms with Gasteiger partial charge < -0.3 is 41.4 Å². The molecule has 1 aliphatic heterocycles. The number of aliphatic imine (C=N–C) groups is 2. The SMILES string of the molecule is NCC([O-])=NCC([O-])=N[C@@H](Cc1cnc[nH]1)C(=O)NCCCC[C@H](N[C@@H](CCc1ccccc1)C(=O)O)C(=O)N1CCC[C@H]1C(=O)O.[Co+2]. The van der Waals surface area contributed by atoms with Crippen LogP contribution in [0.25, 0.3) is 0 Å². The number of carbonyl (C=O) groups is 4. The van der Waals surface area contributed by atoms with Crippen molar-refractivity contribution in [3.05, 3.63) is 54.1 Å². The number of carboxylic acid groups (broad SMARTS) is 2. The molecule has 1 radical (unpaired) electrons. The van der Waals surface area contributed by atoms with E-state index in [-0.39, 0.29) is 55.7 Å². The van der Waals surface area contributed by atoms with Gasteiger partial charge in [-0.2, -0.15) is 0 Å². The van der Waals surface area contributed by atoms with Crippen molar-refractivity contribution >= 4 is 35.5 Å². The number of rotatable bonds is 20. The topological polar surface area (TPSA) is 262 Å². The zero-order chi connectivity index (χ0) is 34.2. The summed E-state index contributed by atoms with van der Waals surface area (Å²) < 4.78 is 0. The summed E-state index contributed by atoms with van der Waals surface area (Å²) in [6.07, 6.45) is 5.47. The van der Waals surface area contributed by atoms with E-state index >= 15 is 0 Å². The molecule has 0 spiro atoms. The van der Waals surface area contributed by atoms with Gasteiger partial charge in [0, 0.05) is 37.9 Å².